The van der Waals surface area contributed by atoms with Crippen LogP contribution in [0.25, 0.3) is 0 Å². The van der Waals surface area contributed by atoms with E-state index in [9.17, 15) is 9.59 Å². The Morgan fingerprint density at radius 1 is 0.917 bits per heavy atom. The number of hydrogen-bond acceptors (Lipinski definition) is 4. The zero-order chi connectivity index (χ0) is 16.8. The van der Waals surface area contributed by atoms with E-state index in [-0.39, 0.29) is 31.4 Å². The van der Waals surface area contributed by atoms with Crippen molar-refractivity contribution in [2.45, 2.75) is 19.4 Å². The molecule has 0 atom stereocenters. The molecule has 0 spiro atoms. The fraction of sp³-hybridized carbons (Fsp3) is 0.222. The summed E-state index contributed by atoms with van der Waals surface area (Å²) in [5, 5.41) is 5.54. The fourth-order valence-corrected chi connectivity index (χ4v) is 2.31. The lowest BCUT2D eigenvalue weighted by Gasteiger charge is -2.07. The zero-order valence-corrected chi connectivity index (χ0v) is 13.1. The first-order chi connectivity index (χ1) is 11.7. The molecule has 1 heterocycles. The summed E-state index contributed by atoms with van der Waals surface area (Å²) < 4.78 is 10.5. The van der Waals surface area contributed by atoms with Gasteiger partial charge in [0.15, 0.2) is 11.5 Å². The maximum Gasteiger partial charge on any atom is 0.231 e. The summed E-state index contributed by atoms with van der Waals surface area (Å²) in [6.07, 6.45) is 0.283. The molecule has 2 aromatic carbocycles. The third-order valence-corrected chi connectivity index (χ3v) is 3.56. The molecule has 2 N–H and O–H groups in total. The quantitative estimate of drug-likeness (QED) is 0.855. The third-order valence-electron chi connectivity index (χ3n) is 3.56. The Morgan fingerprint density at radius 3 is 2.50 bits per heavy atom. The van der Waals surface area contributed by atoms with E-state index in [0.717, 1.165) is 11.3 Å². The summed E-state index contributed by atoms with van der Waals surface area (Å²) in [7, 11) is 0. The van der Waals surface area contributed by atoms with Gasteiger partial charge in [0, 0.05) is 25.1 Å². The van der Waals surface area contributed by atoms with Crippen molar-refractivity contribution in [2.75, 3.05) is 12.1 Å². The van der Waals surface area contributed by atoms with Crippen molar-refractivity contribution in [1.82, 2.24) is 5.32 Å². The number of amides is 2. The first kappa shape index (κ1) is 15.9. The van der Waals surface area contributed by atoms with Gasteiger partial charge < -0.3 is 20.1 Å². The average molecular weight is 326 g/mol. The van der Waals surface area contributed by atoms with Crippen molar-refractivity contribution < 1.29 is 19.1 Å². The van der Waals surface area contributed by atoms with E-state index in [4.69, 9.17) is 9.47 Å². The van der Waals surface area contributed by atoms with Gasteiger partial charge >= 0.3 is 0 Å². The van der Waals surface area contributed by atoms with E-state index >= 15 is 0 Å². The Balaban J connectivity index is 1.40. The smallest absolute Gasteiger partial charge is 0.231 e. The van der Waals surface area contributed by atoms with Gasteiger partial charge in [0.05, 0.1) is 0 Å². The molecule has 24 heavy (non-hydrogen) atoms. The molecule has 0 saturated heterocycles. The normalized spacial score (nSPS) is 11.8. The van der Waals surface area contributed by atoms with E-state index in [1.165, 1.54) is 0 Å². The summed E-state index contributed by atoms with van der Waals surface area (Å²) in [5.41, 5.74) is 1.64. The largest absolute Gasteiger partial charge is 0.454 e. The topological polar surface area (TPSA) is 76.7 Å². The van der Waals surface area contributed by atoms with Crippen molar-refractivity contribution in [3.8, 4) is 11.5 Å². The molecule has 1 aliphatic rings. The Morgan fingerprint density at radius 2 is 1.67 bits per heavy atom. The molecule has 0 aromatic heterocycles. The molecule has 6 heteroatoms. The monoisotopic (exact) mass is 326 g/mol. The number of anilines is 1. The molecule has 2 amide bonds. The summed E-state index contributed by atoms with van der Waals surface area (Å²) in [4.78, 5) is 23.7. The highest BCUT2D eigenvalue weighted by Gasteiger charge is 2.13. The van der Waals surface area contributed by atoms with Gasteiger partial charge in [-0.15, -0.1) is 0 Å². The highest BCUT2D eigenvalue weighted by molar-refractivity contribution is 5.93. The van der Waals surface area contributed by atoms with Crippen LogP contribution >= 0.6 is 0 Å². The lowest BCUT2D eigenvalue weighted by molar-refractivity contribution is -0.124. The van der Waals surface area contributed by atoms with Crippen LogP contribution in [0, 0.1) is 0 Å². The number of carbonyl (C=O) groups is 2. The lowest BCUT2D eigenvalue weighted by Crippen LogP contribution is -2.24. The number of ether oxygens (including phenoxy) is 2. The molecule has 0 aliphatic carbocycles. The summed E-state index contributed by atoms with van der Waals surface area (Å²) in [5.74, 6) is 1.04. The SMILES string of the molecule is O=C(CCC(=O)Nc1ccccc1)NCc1ccc2c(c1)OCO2. The predicted octanol–water partition coefficient (Wildman–Crippen LogP) is 2.45. The van der Waals surface area contributed by atoms with Crippen molar-refractivity contribution in [2.24, 2.45) is 0 Å². The zero-order valence-electron chi connectivity index (χ0n) is 13.1. The molecular formula is C18H18N2O4. The molecule has 124 valence electrons. The number of hydrogen-bond donors (Lipinski definition) is 2. The van der Waals surface area contributed by atoms with Crippen LogP contribution < -0.4 is 20.1 Å². The molecule has 6 nitrogen and oxygen atoms in total. The van der Waals surface area contributed by atoms with Gasteiger partial charge in [0.25, 0.3) is 0 Å². The number of benzene rings is 2. The molecular weight excluding hydrogens is 308 g/mol. The summed E-state index contributed by atoms with van der Waals surface area (Å²) in [6, 6.07) is 14.7. The lowest BCUT2D eigenvalue weighted by atomic mass is 10.2. The molecule has 0 radical (unpaired) electrons. The molecule has 0 unspecified atom stereocenters. The van der Waals surface area contributed by atoms with Gasteiger partial charge in [-0.05, 0) is 29.8 Å². The van der Waals surface area contributed by atoms with Crippen molar-refractivity contribution in [3.05, 3.63) is 54.1 Å². The van der Waals surface area contributed by atoms with Gasteiger partial charge in [-0.25, -0.2) is 0 Å². The molecule has 0 fully saturated rings. The number of carbonyl (C=O) groups excluding carboxylic acids is 2. The van der Waals surface area contributed by atoms with Crippen LogP contribution in [0.15, 0.2) is 48.5 Å². The minimum atomic E-state index is -0.181. The maximum atomic E-state index is 11.9. The highest BCUT2D eigenvalue weighted by atomic mass is 16.7. The van der Waals surface area contributed by atoms with Gasteiger partial charge in [-0.3, -0.25) is 9.59 Å². The van der Waals surface area contributed by atoms with E-state index in [1.54, 1.807) is 12.1 Å². The molecule has 1 aliphatic heterocycles. The van der Waals surface area contributed by atoms with E-state index in [0.29, 0.717) is 18.0 Å². The second kappa shape index (κ2) is 7.50. The van der Waals surface area contributed by atoms with Gasteiger partial charge in [-0.1, -0.05) is 24.3 Å². The first-order valence-corrected chi connectivity index (χ1v) is 7.71. The molecule has 0 saturated carbocycles. The Labute approximate surface area is 139 Å². The Bertz CT molecular complexity index is 731. The Kier molecular flexibility index (Phi) is 4.96. The van der Waals surface area contributed by atoms with Crippen LogP contribution in [0.1, 0.15) is 18.4 Å². The fourth-order valence-electron chi connectivity index (χ4n) is 2.31. The minimum Gasteiger partial charge on any atom is -0.454 e. The van der Waals surface area contributed by atoms with Crippen LogP contribution in [-0.4, -0.2) is 18.6 Å². The van der Waals surface area contributed by atoms with Crippen molar-refractivity contribution >= 4 is 17.5 Å². The predicted molar refractivity (Wildman–Crippen MR) is 88.7 cm³/mol. The summed E-state index contributed by atoms with van der Waals surface area (Å²) >= 11 is 0. The van der Waals surface area contributed by atoms with Gasteiger partial charge in [0.1, 0.15) is 0 Å². The number of fused-ring (bicyclic) bond motifs is 1. The van der Waals surface area contributed by atoms with Gasteiger partial charge in [0.2, 0.25) is 18.6 Å². The first-order valence-electron chi connectivity index (χ1n) is 7.71. The molecule has 2 aromatic rings. The minimum absolute atomic E-state index is 0.141. The van der Waals surface area contributed by atoms with E-state index in [1.807, 2.05) is 36.4 Å². The van der Waals surface area contributed by atoms with Crippen LogP contribution in [-0.2, 0) is 16.1 Å². The second-order valence-corrected chi connectivity index (χ2v) is 5.38. The standard InChI is InChI=1S/C18H18N2O4/c21-17(8-9-18(22)20-14-4-2-1-3-5-14)19-11-13-6-7-15-16(10-13)24-12-23-15/h1-7,10H,8-9,11-12H2,(H,19,21)(H,20,22). The third kappa shape index (κ3) is 4.25. The maximum absolute atomic E-state index is 11.9. The second-order valence-electron chi connectivity index (χ2n) is 5.38. The van der Waals surface area contributed by atoms with Crippen LogP contribution in [0.5, 0.6) is 11.5 Å². The van der Waals surface area contributed by atoms with Crippen LogP contribution in [0.4, 0.5) is 5.69 Å². The number of para-hydroxylation sites is 1. The highest BCUT2D eigenvalue weighted by Crippen LogP contribution is 2.32. The van der Waals surface area contributed by atoms with Crippen molar-refractivity contribution in [1.29, 1.82) is 0 Å². The van der Waals surface area contributed by atoms with E-state index in [2.05, 4.69) is 10.6 Å². The van der Waals surface area contributed by atoms with Crippen LogP contribution in [0.3, 0.4) is 0 Å². The summed E-state index contributed by atoms with van der Waals surface area (Å²) in [6.45, 7) is 0.609. The molecule has 3 rings (SSSR count). The number of rotatable bonds is 6. The van der Waals surface area contributed by atoms with Crippen molar-refractivity contribution in [3.63, 3.8) is 0 Å². The van der Waals surface area contributed by atoms with Gasteiger partial charge in [-0.2, -0.15) is 0 Å². The Hall–Kier alpha value is -3.02. The number of nitrogens with one attached hydrogen (secondary N) is 2. The van der Waals surface area contributed by atoms with E-state index < -0.39 is 0 Å². The molecule has 0 bridgehead atoms. The average Bonchev–Trinajstić information content (AvgIpc) is 3.07. The van der Waals surface area contributed by atoms with Crippen LogP contribution in [0.2, 0.25) is 0 Å².